The molecular formula is C23H20ClN3O4S. The maximum Gasteiger partial charge on any atom is 0.261 e. The van der Waals surface area contributed by atoms with E-state index in [1.165, 1.54) is 24.3 Å². The number of methoxy groups -OCH3 is 1. The number of aromatic amines is 1. The Morgan fingerprint density at radius 1 is 1.03 bits per heavy atom. The Labute approximate surface area is 190 Å². The van der Waals surface area contributed by atoms with Crippen molar-refractivity contribution in [2.45, 2.75) is 11.4 Å². The molecule has 4 rings (SSSR count). The number of carbonyl (C=O) groups is 1. The zero-order valence-corrected chi connectivity index (χ0v) is 18.6. The molecule has 32 heavy (non-hydrogen) atoms. The second-order valence-corrected chi connectivity index (χ2v) is 9.11. The number of nitrogens with one attached hydrogen (secondary N) is 3. The van der Waals surface area contributed by atoms with Crippen LogP contribution < -0.4 is 14.8 Å². The van der Waals surface area contributed by atoms with Gasteiger partial charge in [-0.05, 0) is 48.0 Å². The highest BCUT2D eigenvalue weighted by Crippen LogP contribution is 2.29. The van der Waals surface area contributed by atoms with Gasteiger partial charge in [0.05, 0.1) is 28.2 Å². The van der Waals surface area contributed by atoms with E-state index in [2.05, 4.69) is 15.0 Å². The predicted octanol–water partition coefficient (Wildman–Crippen LogP) is 4.56. The van der Waals surface area contributed by atoms with Crippen molar-refractivity contribution in [3.63, 3.8) is 0 Å². The first-order valence-corrected chi connectivity index (χ1v) is 11.5. The molecule has 0 aliphatic rings. The van der Waals surface area contributed by atoms with Crippen LogP contribution in [0.3, 0.4) is 0 Å². The molecule has 0 bridgehead atoms. The molecule has 0 radical (unpaired) electrons. The maximum atomic E-state index is 12.8. The number of halogens is 1. The van der Waals surface area contributed by atoms with Gasteiger partial charge in [-0.3, -0.25) is 9.52 Å². The average Bonchev–Trinajstić information content (AvgIpc) is 3.19. The van der Waals surface area contributed by atoms with Crippen molar-refractivity contribution >= 4 is 44.1 Å². The van der Waals surface area contributed by atoms with E-state index in [0.29, 0.717) is 28.3 Å². The molecule has 7 nitrogen and oxygen atoms in total. The first-order valence-electron chi connectivity index (χ1n) is 9.67. The van der Waals surface area contributed by atoms with Crippen LogP contribution in [-0.4, -0.2) is 26.4 Å². The van der Waals surface area contributed by atoms with Crippen LogP contribution in [0.4, 0.5) is 5.69 Å². The largest absolute Gasteiger partial charge is 0.497 e. The van der Waals surface area contributed by atoms with E-state index in [9.17, 15) is 13.2 Å². The Morgan fingerprint density at radius 3 is 2.44 bits per heavy atom. The van der Waals surface area contributed by atoms with Crippen molar-refractivity contribution in [2.75, 3.05) is 11.8 Å². The number of para-hydroxylation sites is 1. The quantitative estimate of drug-likeness (QED) is 0.369. The van der Waals surface area contributed by atoms with Gasteiger partial charge in [0.25, 0.3) is 15.9 Å². The molecule has 1 amide bonds. The number of aromatic nitrogens is 1. The number of carbonyl (C=O) groups excluding carboxylic acids is 1. The minimum absolute atomic E-state index is 0.0406. The Balaban J connectivity index is 1.45. The van der Waals surface area contributed by atoms with Crippen molar-refractivity contribution in [3.8, 4) is 5.75 Å². The lowest BCUT2D eigenvalue weighted by molar-refractivity contribution is 0.0951. The van der Waals surface area contributed by atoms with Gasteiger partial charge >= 0.3 is 0 Å². The SMILES string of the molecule is COc1ccc(CNC(=O)c2ccc(S(=O)(=O)Nc3cccc4c(Cl)c[nH]c34)cc2)cc1. The summed E-state index contributed by atoms with van der Waals surface area (Å²) in [6.07, 6.45) is 1.60. The van der Waals surface area contributed by atoms with E-state index in [1.54, 1.807) is 31.5 Å². The van der Waals surface area contributed by atoms with Crippen LogP contribution >= 0.6 is 11.6 Å². The van der Waals surface area contributed by atoms with Crippen molar-refractivity contribution in [1.29, 1.82) is 0 Å². The third-order valence-corrected chi connectivity index (χ3v) is 6.64. The summed E-state index contributed by atoms with van der Waals surface area (Å²) in [5.74, 6) is 0.435. The molecular weight excluding hydrogens is 450 g/mol. The van der Waals surface area contributed by atoms with Gasteiger partial charge in [0.2, 0.25) is 0 Å². The smallest absolute Gasteiger partial charge is 0.261 e. The molecule has 0 aliphatic carbocycles. The van der Waals surface area contributed by atoms with Crippen molar-refractivity contribution in [1.82, 2.24) is 10.3 Å². The van der Waals surface area contributed by atoms with Gasteiger partial charge in [-0.25, -0.2) is 8.42 Å². The monoisotopic (exact) mass is 469 g/mol. The van der Waals surface area contributed by atoms with Crippen LogP contribution in [0, 0.1) is 0 Å². The molecule has 1 aromatic heterocycles. The molecule has 0 fully saturated rings. The summed E-state index contributed by atoms with van der Waals surface area (Å²) in [5.41, 5.74) is 2.25. The Morgan fingerprint density at radius 2 is 1.75 bits per heavy atom. The zero-order valence-electron chi connectivity index (χ0n) is 17.1. The van der Waals surface area contributed by atoms with Gasteiger partial charge in [-0.15, -0.1) is 0 Å². The number of sulfonamides is 1. The first kappa shape index (κ1) is 21.7. The highest BCUT2D eigenvalue weighted by Gasteiger charge is 2.17. The number of ether oxygens (including phenoxy) is 1. The van der Waals surface area contributed by atoms with Crippen LogP contribution in [0.25, 0.3) is 10.9 Å². The van der Waals surface area contributed by atoms with E-state index in [-0.39, 0.29) is 10.8 Å². The highest BCUT2D eigenvalue weighted by atomic mass is 35.5. The number of hydrogen-bond acceptors (Lipinski definition) is 4. The molecule has 0 unspecified atom stereocenters. The summed E-state index contributed by atoms with van der Waals surface area (Å²) in [4.78, 5) is 15.4. The lowest BCUT2D eigenvalue weighted by Crippen LogP contribution is -2.23. The molecule has 1 heterocycles. The molecule has 4 aromatic rings. The number of fused-ring (bicyclic) bond motifs is 1. The summed E-state index contributed by atoms with van der Waals surface area (Å²) >= 11 is 6.11. The van der Waals surface area contributed by atoms with Crippen LogP contribution in [0.2, 0.25) is 5.02 Å². The van der Waals surface area contributed by atoms with Gasteiger partial charge in [-0.2, -0.15) is 0 Å². The number of rotatable bonds is 7. The number of amides is 1. The summed E-state index contributed by atoms with van der Waals surface area (Å²) in [5, 5.41) is 4.04. The van der Waals surface area contributed by atoms with E-state index in [0.717, 1.165) is 16.7 Å². The number of anilines is 1. The van der Waals surface area contributed by atoms with Crippen molar-refractivity contribution < 1.29 is 17.9 Å². The molecule has 164 valence electrons. The topological polar surface area (TPSA) is 100 Å². The zero-order chi connectivity index (χ0) is 22.7. The molecule has 0 spiro atoms. The second kappa shape index (κ2) is 8.94. The number of H-pyrrole nitrogens is 1. The van der Waals surface area contributed by atoms with Crippen LogP contribution in [0.1, 0.15) is 15.9 Å². The minimum Gasteiger partial charge on any atom is -0.497 e. The molecule has 0 aliphatic heterocycles. The van der Waals surface area contributed by atoms with E-state index < -0.39 is 10.0 Å². The maximum absolute atomic E-state index is 12.8. The van der Waals surface area contributed by atoms with Crippen LogP contribution in [0.5, 0.6) is 5.75 Å². The second-order valence-electron chi connectivity index (χ2n) is 7.03. The van der Waals surface area contributed by atoms with E-state index in [4.69, 9.17) is 16.3 Å². The third-order valence-electron chi connectivity index (χ3n) is 4.95. The molecule has 9 heteroatoms. The molecule has 3 N–H and O–H groups in total. The van der Waals surface area contributed by atoms with Gasteiger partial charge in [-0.1, -0.05) is 35.9 Å². The normalized spacial score (nSPS) is 11.3. The lowest BCUT2D eigenvalue weighted by atomic mass is 10.2. The van der Waals surface area contributed by atoms with Gasteiger partial charge < -0.3 is 15.0 Å². The summed E-state index contributed by atoms with van der Waals surface area (Å²) in [6, 6.07) is 18.3. The first-order chi connectivity index (χ1) is 15.4. The Hall–Kier alpha value is -3.49. The highest BCUT2D eigenvalue weighted by molar-refractivity contribution is 7.92. The van der Waals surface area contributed by atoms with Crippen LogP contribution in [-0.2, 0) is 16.6 Å². The van der Waals surface area contributed by atoms with E-state index in [1.807, 2.05) is 24.3 Å². The predicted molar refractivity (Wildman–Crippen MR) is 125 cm³/mol. The number of benzene rings is 3. The molecule has 0 saturated carbocycles. The average molecular weight is 470 g/mol. The third kappa shape index (κ3) is 4.56. The Kier molecular flexibility index (Phi) is 6.07. The summed E-state index contributed by atoms with van der Waals surface area (Å²) in [6.45, 7) is 0.340. The van der Waals surface area contributed by atoms with Crippen molar-refractivity contribution in [3.05, 3.63) is 89.1 Å². The summed E-state index contributed by atoms with van der Waals surface area (Å²) in [7, 11) is -2.27. The fraction of sp³-hybridized carbons (Fsp3) is 0.0870. The lowest BCUT2D eigenvalue weighted by Gasteiger charge is -2.10. The molecule has 0 atom stereocenters. The van der Waals surface area contributed by atoms with Gasteiger partial charge in [0, 0.05) is 23.7 Å². The van der Waals surface area contributed by atoms with Crippen molar-refractivity contribution in [2.24, 2.45) is 0 Å². The summed E-state index contributed by atoms with van der Waals surface area (Å²) < 4.78 is 33.3. The molecule has 3 aromatic carbocycles. The standard InChI is InChI=1S/C23H20ClN3O4S/c1-31-17-9-5-15(6-10-17)13-26-23(28)16-7-11-18(12-8-16)32(29,30)27-21-4-2-3-19-20(24)14-25-22(19)21/h2-12,14,25,27H,13H2,1H3,(H,26,28). The number of hydrogen-bond donors (Lipinski definition) is 3. The van der Waals surface area contributed by atoms with E-state index >= 15 is 0 Å². The van der Waals surface area contributed by atoms with Gasteiger partial charge in [0.1, 0.15) is 5.75 Å². The fourth-order valence-corrected chi connectivity index (χ4v) is 4.51. The Bertz CT molecular complexity index is 1360. The van der Waals surface area contributed by atoms with Crippen LogP contribution in [0.15, 0.2) is 77.8 Å². The fourth-order valence-electron chi connectivity index (χ4n) is 3.22. The van der Waals surface area contributed by atoms with Gasteiger partial charge in [0.15, 0.2) is 0 Å². The molecule has 0 saturated heterocycles. The minimum atomic E-state index is -3.86.